The molecule has 2 heterocycles. The highest BCUT2D eigenvalue weighted by molar-refractivity contribution is 5.95. The molecule has 0 aliphatic carbocycles. The Balaban J connectivity index is 1.74. The van der Waals surface area contributed by atoms with Crippen molar-refractivity contribution in [2.75, 3.05) is 31.7 Å². The highest BCUT2D eigenvalue weighted by Gasteiger charge is 2.21. The fourth-order valence-corrected chi connectivity index (χ4v) is 4.64. The second kappa shape index (κ2) is 12.5. The number of fused-ring (bicyclic) bond motifs is 1. The lowest BCUT2D eigenvalue weighted by molar-refractivity contribution is -0.122. The minimum Gasteiger partial charge on any atom is -0.375 e. The number of anilines is 1. The summed E-state index contributed by atoms with van der Waals surface area (Å²) in [6.07, 6.45) is 10.4. The van der Waals surface area contributed by atoms with Crippen LogP contribution in [0.4, 0.5) is 10.1 Å². The Hall–Kier alpha value is -3.16. The molecule has 1 aliphatic rings. The molecule has 0 N–H and O–H groups in total. The van der Waals surface area contributed by atoms with Crippen LogP contribution in [-0.4, -0.2) is 47.6 Å². The zero-order chi connectivity index (χ0) is 24.5. The van der Waals surface area contributed by atoms with Gasteiger partial charge in [0, 0.05) is 56.0 Å². The van der Waals surface area contributed by atoms with Crippen LogP contribution in [0.2, 0.25) is 0 Å². The third-order valence-electron chi connectivity index (χ3n) is 6.43. The molecule has 0 saturated heterocycles. The predicted molar refractivity (Wildman–Crippen MR) is 135 cm³/mol. The van der Waals surface area contributed by atoms with Gasteiger partial charge in [-0.25, -0.2) is 14.4 Å². The van der Waals surface area contributed by atoms with Gasteiger partial charge in [-0.1, -0.05) is 43.5 Å². The summed E-state index contributed by atoms with van der Waals surface area (Å²) in [6, 6.07) is 13.1. The maximum absolute atomic E-state index is 14.5. The number of methoxy groups -OCH3 is 1. The Labute approximate surface area is 206 Å². The van der Waals surface area contributed by atoms with Gasteiger partial charge in [0.2, 0.25) is 0 Å². The third kappa shape index (κ3) is 6.71. The quantitative estimate of drug-likeness (QED) is 0.505. The van der Waals surface area contributed by atoms with Gasteiger partial charge in [-0.2, -0.15) is 0 Å². The SMILES string of the molecule is COCC(=O)N1CCCCCCCN(Cc2ccccc2F)Cc2cc(-c3cncnc3)ccc21. The van der Waals surface area contributed by atoms with Crippen LogP contribution in [0.5, 0.6) is 0 Å². The topological polar surface area (TPSA) is 58.6 Å². The highest BCUT2D eigenvalue weighted by atomic mass is 19.1. The van der Waals surface area contributed by atoms with Crippen LogP contribution in [0.1, 0.15) is 43.2 Å². The predicted octanol–water partition coefficient (Wildman–Crippen LogP) is 5.23. The van der Waals surface area contributed by atoms with Crippen molar-refractivity contribution in [3.05, 3.63) is 78.1 Å². The molecule has 0 spiro atoms. The average molecular weight is 477 g/mol. The molecular weight excluding hydrogens is 443 g/mol. The molecule has 6 nitrogen and oxygen atoms in total. The zero-order valence-electron chi connectivity index (χ0n) is 20.3. The van der Waals surface area contributed by atoms with Crippen molar-refractivity contribution in [2.24, 2.45) is 0 Å². The van der Waals surface area contributed by atoms with Crippen LogP contribution < -0.4 is 4.90 Å². The molecule has 2 aromatic carbocycles. The molecule has 1 amide bonds. The van der Waals surface area contributed by atoms with E-state index in [1.165, 1.54) is 12.4 Å². The van der Waals surface area contributed by atoms with E-state index in [0.29, 0.717) is 25.2 Å². The van der Waals surface area contributed by atoms with E-state index in [0.717, 1.165) is 61.0 Å². The Kier molecular flexibility index (Phi) is 8.92. The van der Waals surface area contributed by atoms with Crippen molar-refractivity contribution < 1.29 is 13.9 Å². The lowest BCUT2D eigenvalue weighted by atomic mass is 10.0. The number of ether oxygens (including phenoxy) is 1. The van der Waals surface area contributed by atoms with Crippen molar-refractivity contribution in [3.8, 4) is 11.1 Å². The van der Waals surface area contributed by atoms with Crippen LogP contribution in [-0.2, 0) is 22.6 Å². The van der Waals surface area contributed by atoms with Gasteiger partial charge in [-0.15, -0.1) is 0 Å². The Morgan fingerprint density at radius 3 is 2.49 bits per heavy atom. The van der Waals surface area contributed by atoms with Gasteiger partial charge >= 0.3 is 0 Å². The van der Waals surface area contributed by atoms with Crippen molar-refractivity contribution in [1.82, 2.24) is 14.9 Å². The molecular formula is C28H33FN4O2. The third-order valence-corrected chi connectivity index (χ3v) is 6.43. The number of hydrogen-bond donors (Lipinski definition) is 0. The van der Waals surface area contributed by atoms with E-state index < -0.39 is 0 Å². The van der Waals surface area contributed by atoms with E-state index >= 15 is 0 Å². The van der Waals surface area contributed by atoms with Crippen molar-refractivity contribution in [2.45, 2.75) is 45.2 Å². The van der Waals surface area contributed by atoms with Crippen molar-refractivity contribution in [1.29, 1.82) is 0 Å². The number of benzene rings is 2. The lowest BCUT2D eigenvalue weighted by Crippen LogP contribution is -2.36. The van der Waals surface area contributed by atoms with Gasteiger partial charge in [0.15, 0.2) is 0 Å². The largest absolute Gasteiger partial charge is 0.375 e. The molecule has 0 atom stereocenters. The second-order valence-electron chi connectivity index (χ2n) is 9.02. The molecule has 0 unspecified atom stereocenters. The van der Waals surface area contributed by atoms with E-state index in [1.807, 2.05) is 29.2 Å². The molecule has 0 saturated carbocycles. The summed E-state index contributed by atoms with van der Waals surface area (Å²) in [7, 11) is 1.55. The van der Waals surface area contributed by atoms with Gasteiger partial charge in [-0.3, -0.25) is 9.69 Å². The number of rotatable bonds is 5. The minimum atomic E-state index is -0.189. The summed E-state index contributed by atoms with van der Waals surface area (Å²) >= 11 is 0. The molecule has 0 radical (unpaired) electrons. The van der Waals surface area contributed by atoms with Crippen LogP contribution in [0, 0.1) is 5.82 Å². The van der Waals surface area contributed by atoms with E-state index in [4.69, 9.17) is 4.74 Å². The van der Waals surface area contributed by atoms with E-state index in [2.05, 4.69) is 20.9 Å². The van der Waals surface area contributed by atoms with Crippen LogP contribution in [0.25, 0.3) is 11.1 Å². The lowest BCUT2D eigenvalue weighted by Gasteiger charge is -2.30. The van der Waals surface area contributed by atoms with Crippen LogP contribution in [0.3, 0.4) is 0 Å². The average Bonchev–Trinajstić information content (AvgIpc) is 2.87. The molecule has 0 fully saturated rings. The van der Waals surface area contributed by atoms with Crippen LogP contribution in [0.15, 0.2) is 61.2 Å². The van der Waals surface area contributed by atoms with E-state index in [1.54, 1.807) is 25.6 Å². The van der Waals surface area contributed by atoms with E-state index in [-0.39, 0.29) is 18.3 Å². The molecule has 0 bridgehead atoms. The summed E-state index contributed by atoms with van der Waals surface area (Å²) in [5, 5.41) is 0. The number of nitrogens with zero attached hydrogens (tertiary/aromatic N) is 4. The number of hydrogen-bond acceptors (Lipinski definition) is 5. The number of carbonyl (C=O) groups is 1. The molecule has 184 valence electrons. The first-order valence-electron chi connectivity index (χ1n) is 12.3. The normalized spacial score (nSPS) is 15.7. The summed E-state index contributed by atoms with van der Waals surface area (Å²) in [6.45, 7) is 2.65. The van der Waals surface area contributed by atoms with Gasteiger partial charge in [-0.05, 0) is 48.7 Å². The Morgan fingerprint density at radius 1 is 0.971 bits per heavy atom. The molecule has 4 rings (SSSR count). The molecule has 35 heavy (non-hydrogen) atoms. The standard InChI is InChI=1S/C28H33FN4O2/c1-35-20-28(34)33-14-8-4-2-3-7-13-32(18-23-9-5-6-10-26(23)29)19-24-15-22(11-12-27(24)33)25-16-30-21-31-17-25/h5-6,9-12,15-17,21H,2-4,7-8,13-14,18-20H2,1H3. The van der Waals surface area contributed by atoms with Gasteiger partial charge in [0.1, 0.15) is 18.8 Å². The summed E-state index contributed by atoms with van der Waals surface area (Å²) in [4.78, 5) is 25.5. The maximum atomic E-state index is 14.5. The maximum Gasteiger partial charge on any atom is 0.252 e. The highest BCUT2D eigenvalue weighted by Crippen LogP contribution is 2.30. The zero-order valence-corrected chi connectivity index (χ0v) is 20.3. The van der Waals surface area contributed by atoms with E-state index in [9.17, 15) is 9.18 Å². The monoisotopic (exact) mass is 476 g/mol. The number of amides is 1. The van der Waals surface area contributed by atoms with Crippen molar-refractivity contribution >= 4 is 11.6 Å². The van der Waals surface area contributed by atoms with Gasteiger partial charge in [0.05, 0.1) is 0 Å². The summed E-state index contributed by atoms with van der Waals surface area (Å²) in [5.41, 5.74) is 4.49. The Bertz CT molecular complexity index is 1110. The molecule has 1 aromatic heterocycles. The first-order valence-corrected chi connectivity index (χ1v) is 12.3. The second-order valence-corrected chi connectivity index (χ2v) is 9.02. The first-order chi connectivity index (χ1) is 17.2. The first kappa shape index (κ1) is 24.9. The molecule has 1 aliphatic heterocycles. The van der Waals surface area contributed by atoms with Gasteiger partial charge in [0.25, 0.3) is 5.91 Å². The molecule has 3 aromatic rings. The van der Waals surface area contributed by atoms with Crippen LogP contribution >= 0.6 is 0 Å². The number of halogens is 1. The summed E-state index contributed by atoms with van der Waals surface area (Å²) in [5.74, 6) is -0.242. The summed E-state index contributed by atoms with van der Waals surface area (Å²) < 4.78 is 19.7. The fraction of sp³-hybridized carbons (Fsp3) is 0.393. The fourth-order valence-electron chi connectivity index (χ4n) is 4.64. The Morgan fingerprint density at radius 2 is 1.71 bits per heavy atom. The number of carbonyl (C=O) groups excluding carboxylic acids is 1. The van der Waals surface area contributed by atoms with Gasteiger partial charge < -0.3 is 9.64 Å². The van der Waals surface area contributed by atoms with Crippen molar-refractivity contribution in [3.63, 3.8) is 0 Å². The minimum absolute atomic E-state index is 0.0344. The number of aromatic nitrogens is 2. The smallest absolute Gasteiger partial charge is 0.252 e. The molecule has 7 heteroatoms.